The standard InChI is InChI=1S/C21H18F5N3OS.C3H6/c1-20(2,3)29-19-12(10-27-29)11-28(18-9-17(23)16(22)8-15(18)19)31(30)14-6-4-13(5-7-14)21(24,25)26;1-2-3-1/h4-10H,11H2,1-3H3;1-3H2. The van der Waals surface area contributed by atoms with Crippen LogP contribution in [0.25, 0.3) is 11.3 Å². The molecular formula is C24H24F5N3OS. The fourth-order valence-corrected chi connectivity index (χ4v) is 4.71. The molecule has 1 aliphatic carbocycles. The molecule has 10 heteroatoms. The SMILES string of the molecule is C1CC1.CC(C)(C)n1ncc2c1-c1cc(F)c(F)cc1N(S(=O)c1ccc(C(F)(F)F)cc1)C2. The molecule has 1 unspecified atom stereocenters. The van der Waals surface area contributed by atoms with Gasteiger partial charge >= 0.3 is 6.18 Å². The lowest BCUT2D eigenvalue weighted by atomic mass is 9.99. The second-order valence-corrected chi connectivity index (χ2v) is 10.7. The molecule has 1 fully saturated rings. The Kier molecular flexibility index (Phi) is 6.30. The van der Waals surface area contributed by atoms with Gasteiger partial charge in [0, 0.05) is 17.2 Å². The number of rotatable bonds is 2. The topological polar surface area (TPSA) is 38.1 Å². The maximum Gasteiger partial charge on any atom is 0.416 e. The second-order valence-electron chi connectivity index (χ2n) is 9.25. The molecule has 3 aromatic rings. The molecule has 1 atom stereocenters. The molecule has 2 aliphatic rings. The molecule has 0 saturated heterocycles. The Bertz CT molecular complexity index is 1220. The van der Waals surface area contributed by atoms with E-state index in [-0.39, 0.29) is 17.1 Å². The summed E-state index contributed by atoms with van der Waals surface area (Å²) >= 11 is 0. The summed E-state index contributed by atoms with van der Waals surface area (Å²) < 4.78 is 83.1. The van der Waals surface area contributed by atoms with Crippen LogP contribution in [-0.4, -0.2) is 14.0 Å². The van der Waals surface area contributed by atoms with Gasteiger partial charge in [-0.25, -0.2) is 13.0 Å². The highest BCUT2D eigenvalue weighted by Gasteiger charge is 2.34. The largest absolute Gasteiger partial charge is 0.416 e. The van der Waals surface area contributed by atoms with Crippen molar-refractivity contribution in [2.45, 2.75) is 63.2 Å². The molecule has 1 aliphatic heterocycles. The van der Waals surface area contributed by atoms with E-state index in [9.17, 15) is 26.2 Å². The summed E-state index contributed by atoms with van der Waals surface area (Å²) in [6, 6.07) is 5.90. The van der Waals surface area contributed by atoms with Crippen molar-refractivity contribution in [2.75, 3.05) is 4.31 Å². The van der Waals surface area contributed by atoms with E-state index in [1.807, 2.05) is 20.8 Å². The van der Waals surface area contributed by atoms with E-state index in [0.29, 0.717) is 16.8 Å². The third kappa shape index (κ3) is 4.87. The fourth-order valence-electron chi connectivity index (χ4n) is 3.50. The molecule has 1 saturated carbocycles. The van der Waals surface area contributed by atoms with Crippen molar-refractivity contribution >= 4 is 16.7 Å². The van der Waals surface area contributed by atoms with Crippen molar-refractivity contribution in [1.29, 1.82) is 0 Å². The molecule has 2 aromatic carbocycles. The monoisotopic (exact) mass is 497 g/mol. The van der Waals surface area contributed by atoms with Crippen LogP contribution in [0.1, 0.15) is 51.2 Å². The number of halogens is 5. The summed E-state index contributed by atoms with van der Waals surface area (Å²) in [5, 5.41) is 4.38. The van der Waals surface area contributed by atoms with Crippen LogP contribution in [0.5, 0.6) is 0 Å². The Labute approximate surface area is 197 Å². The van der Waals surface area contributed by atoms with Crippen LogP contribution in [0, 0.1) is 11.6 Å². The van der Waals surface area contributed by atoms with E-state index in [2.05, 4.69) is 5.10 Å². The van der Waals surface area contributed by atoms with Crippen molar-refractivity contribution < 1.29 is 26.2 Å². The highest BCUT2D eigenvalue weighted by Crippen LogP contribution is 2.43. The Morgan fingerprint density at radius 1 is 0.941 bits per heavy atom. The third-order valence-electron chi connectivity index (χ3n) is 5.29. The molecule has 1 aromatic heterocycles. The van der Waals surface area contributed by atoms with Crippen LogP contribution >= 0.6 is 0 Å². The van der Waals surface area contributed by atoms with E-state index in [1.54, 1.807) is 10.9 Å². The Hall–Kier alpha value is -2.75. The van der Waals surface area contributed by atoms with Gasteiger partial charge in [-0.05, 0) is 51.1 Å². The number of hydrogen-bond donors (Lipinski definition) is 0. The van der Waals surface area contributed by atoms with Gasteiger partial charge in [0.05, 0.1) is 40.1 Å². The van der Waals surface area contributed by atoms with Crippen molar-refractivity contribution in [2.24, 2.45) is 0 Å². The van der Waals surface area contributed by atoms with Crippen molar-refractivity contribution in [3.63, 3.8) is 0 Å². The number of alkyl halides is 3. The maximum absolute atomic E-state index is 14.1. The summed E-state index contributed by atoms with van der Waals surface area (Å²) in [4.78, 5) is 0.107. The summed E-state index contributed by atoms with van der Waals surface area (Å²) in [6.45, 7) is 5.79. The Balaban J connectivity index is 0.000000846. The summed E-state index contributed by atoms with van der Waals surface area (Å²) in [5.74, 6) is -2.17. The lowest BCUT2D eigenvalue weighted by Gasteiger charge is -2.32. The first-order valence-electron chi connectivity index (χ1n) is 10.8. The van der Waals surface area contributed by atoms with Crippen LogP contribution in [0.4, 0.5) is 27.6 Å². The van der Waals surface area contributed by atoms with Gasteiger partial charge in [-0.15, -0.1) is 0 Å². The molecule has 0 N–H and O–H groups in total. The number of nitrogens with zero attached hydrogens (tertiary/aromatic N) is 3. The molecule has 2 heterocycles. The average molecular weight is 498 g/mol. The summed E-state index contributed by atoms with van der Waals surface area (Å²) in [6.07, 6.45) is 1.55. The first kappa shape index (κ1) is 24.4. The Morgan fingerprint density at radius 2 is 1.53 bits per heavy atom. The van der Waals surface area contributed by atoms with Gasteiger partial charge in [0.2, 0.25) is 0 Å². The van der Waals surface area contributed by atoms with Crippen molar-refractivity contribution in [1.82, 2.24) is 9.78 Å². The highest BCUT2D eigenvalue weighted by atomic mass is 32.2. The van der Waals surface area contributed by atoms with Gasteiger partial charge in [0.1, 0.15) is 0 Å². The fraction of sp³-hybridized carbons (Fsp3) is 0.375. The molecule has 182 valence electrons. The van der Waals surface area contributed by atoms with E-state index < -0.39 is 39.9 Å². The van der Waals surface area contributed by atoms with Gasteiger partial charge in [0.25, 0.3) is 0 Å². The predicted molar refractivity (Wildman–Crippen MR) is 120 cm³/mol. The summed E-state index contributed by atoms with van der Waals surface area (Å²) in [5.41, 5.74) is 0.401. The average Bonchev–Trinajstić information content (AvgIpc) is 3.58. The lowest BCUT2D eigenvalue weighted by Crippen LogP contribution is -2.31. The minimum absolute atomic E-state index is 0.0666. The number of aromatic nitrogens is 2. The van der Waals surface area contributed by atoms with E-state index >= 15 is 0 Å². The molecule has 0 spiro atoms. The molecule has 0 radical (unpaired) electrons. The van der Waals surface area contributed by atoms with Gasteiger partial charge in [-0.1, -0.05) is 19.3 Å². The zero-order chi connectivity index (χ0) is 24.8. The number of hydrogen-bond acceptors (Lipinski definition) is 2. The molecular weight excluding hydrogens is 473 g/mol. The van der Waals surface area contributed by atoms with E-state index in [0.717, 1.165) is 36.4 Å². The quantitative estimate of drug-likeness (QED) is 0.365. The molecule has 4 nitrogen and oxygen atoms in total. The van der Waals surface area contributed by atoms with E-state index in [1.165, 1.54) is 23.6 Å². The molecule has 0 bridgehead atoms. The normalized spacial score (nSPS) is 15.7. The summed E-state index contributed by atoms with van der Waals surface area (Å²) in [7, 11) is -1.96. The van der Waals surface area contributed by atoms with Crippen LogP contribution in [0.2, 0.25) is 0 Å². The molecule has 5 rings (SSSR count). The first-order valence-corrected chi connectivity index (χ1v) is 11.9. The number of fused-ring (bicyclic) bond motifs is 3. The van der Waals surface area contributed by atoms with E-state index in [4.69, 9.17) is 0 Å². The highest BCUT2D eigenvalue weighted by molar-refractivity contribution is 7.86. The van der Waals surface area contributed by atoms with Gasteiger partial charge in [-0.2, -0.15) is 18.3 Å². The second kappa shape index (κ2) is 8.79. The van der Waals surface area contributed by atoms with Gasteiger partial charge < -0.3 is 0 Å². The van der Waals surface area contributed by atoms with Crippen LogP contribution in [0.15, 0.2) is 47.5 Å². The van der Waals surface area contributed by atoms with Gasteiger partial charge in [-0.3, -0.25) is 8.99 Å². The van der Waals surface area contributed by atoms with Crippen LogP contribution in [0.3, 0.4) is 0 Å². The predicted octanol–water partition coefficient (Wildman–Crippen LogP) is 6.82. The lowest BCUT2D eigenvalue weighted by molar-refractivity contribution is -0.137. The van der Waals surface area contributed by atoms with Crippen LogP contribution in [-0.2, 0) is 29.2 Å². The van der Waals surface area contributed by atoms with Crippen molar-refractivity contribution in [3.8, 4) is 11.3 Å². The number of anilines is 1. The van der Waals surface area contributed by atoms with Gasteiger partial charge in [0.15, 0.2) is 22.6 Å². The number of benzene rings is 2. The zero-order valence-corrected chi connectivity index (χ0v) is 19.7. The molecule has 0 amide bonds. The van der Waals surface area contributed by atoms with Crippen LogP contribution < -0.4 is 4.31 Å². The Morgan fingerprint density at radius 3 is 2.06 bits per heavy atom. The first-order chi connectivity index (χ1) is 15.9. The molecule has 34 heavy (non-hydrogen) atoms. The smallest absolute Gasteiger partial charge is 0.282 e. The maximum atomic E-state index is 14.1. The third-order valence-corrected chi connectivity index (χ3v) is 6.70. The zero-order valence-electron chi connectivity index (χ0n) is 18.9. The van der Waals surface area contributed by atoms with Crippen molar-refractivity contribution in [3.05, 3.63) is 65.4 Å². The minimum Gasteiger partial charge on any atom is -0.282 e. The minimum atomic E-state index is -4.52.